The number of rotatable bonds is 0. The molecular weight excluding hydrogens is 335 g/mol. The van der Waals surface area contributed by atoms with Gasteiger partial charge in [-0.05, 0) is 41.9 Å². The molecule has 3 atom stereocenters. The summed E-state index contributed by atoms with van der Waals surface area (Å²) in [5.41, 5.74) is 3.11. The lowest BCUT2D eigenvalue weighted by Crippen LogP contribution is -2.40. The van der Waals surface area contributed by atoms with Gasteiger partial charge in [0.15, 0.2) is 0 Å². The second-order valence-corrected chi connectivity index (χ2v) is 8.08. The summed E-state index contributed by atoms with van der Waals surface area (Å²) in [5, 5.41) is 0. The first-order valence-corrected chi connectivity index (χ1v) is 8.16. The average Bonchev–Trinajstić information content (AvgIpc) is 2.28. The molecule has 0 radical (unpaired) electrons. The molecule has 2 bridgehead atoms. The molecule has 1 aliphatic carbocycles. The maximum Gasteiger partial charge on any atom is 0.123 e. The number of benzene rings is 1. The molecule has 1 aliphatic heterocycles. The quantitative estimate of drug-likeness (QED) is 0.479. The molecule has 2 aliphatic rings. The van der Waals surface area contributed by atoms with Gasteiger partial charge in [0.05, 0.1) is 3.92 Å². The highest BCUT2D eigenvalue weighted by Gasteiger charge is 2.39. The van der Waals surface area contributed by atoms with Gasteiger partial charge in [-0.2, -0.15) is 0 Å². The van der Waals surface area contributed by atoms with Gasteiger partial charge >= 0.3 is 0 Å². The second kappa shape index (κ2) is 4.39. The van der Waals surface area contributed by atoms with Crippen LogP contribution in [0.3, 0.4) is 0 Å². The molecule has 18 heavy (non-hydrogen) atoms. The molecule has 0 N–H and O–H groups in total. The molecule has 0 saturated heterocycles. The van der Waals surface area contributed by atoms with Crippen LogP contribution in [0.4, 0.5) is 0 Å². The first-order chi connectivity index (χ1) is 8.47. The Kier molecular flexibility index (Phi) is 3.12. The molecule has 1 saturated carbocycles. The van der Waals surface area contributed by atoms with Crippen LogP contribution in [0.1, 0.15) is 57.1 Å². The molecule has 98 valence electrons. The van der Waals surface area contributed by atoms with Crippen molar-refractivity contribution >= 4 is 22.6 Å². The minimum Gasteiger partial charge on any atom is -0.489 e. The second-order valence-electron chi connectivity index (χ2n) is 6.64. The summed E-state index contributed by atoms with van der Waals surface area (Å²) < 4.78 is 6.83. The first-order valence-electron chi connectivity index (χ1n) is 6.92. The van der Waals surface area contributed by atoms with Crippen molar-refractivity contribution in [1.29, 1.82) is 0 Å². The third-order valence-electron chi connectivity index (χ3n) is 4.30. The van der Waals surface area contributed by atoms with Gasteiger partial charge in [0, 0.05) is 5.92 Å². The van der Waals surface area contributed by atoms with Crippen molar-refractivity contribution in [2.45, 2.75) is 61.4 Å². The number of halogens is 1. The van der Waals surface area contributed by atoms with E-state index in [1.54, 1.807) is 0 Å². The summed E-state index contributed by atoms with van der Waals surface area (Å²) in [5.74, 6) is 1.85. The lowest BCUT2D eigenvalue weighted by atomic mass is 9.77. The predicted octanol–water partition coefficient (Wildman–Crippen LogP) is 4.82. The van der Waals surface area contributed by atoms with Crippen molar-refractivity contribution in [3.63, 3.8) is 0 Å². The summed E-state index contributed by atoms with van der Waals surface area (Å²) in [7, 11) is 0. The van der Waals surface area contributed by atoms with Crippen LogP contribution in [0.5, 0.6) is 5.75 Å². The fourth-order valence-corrected chi connectivity index (χ4v) is 4.40. The average molecular weight is 356 g/mol. The van der Waals surface area contributed by atoms with Crippen molar-refractivity contribution in [1.82, 2.24) is 0 Å². The summed E-state index contributed by atoms with van der Waals surface area (Å²) in [6.45, 7) is 6.84. The molecule has 1 fully saturated rings. The van der Waals surface area contributed by atoms with Crippen LogP contribution >= 0.6 is 22.6 Å². The molecule has 0 amide bonds. The SMILES string of the molecule is CC(C)(C)c1ccc2c(c1)[C@H]1CCC[C@@H](O2)[C@@H]1I. The number of hydrogen-bond donors (Lipinski definition) is 0. The van der Waals surface area contributed by atoms with Gasteiger partial charge in [0.25, 0.3) is 0 Å². The lowest BCUT2D eigenvalue weighted by Gasteiger charge is -2.41. The predicted molar refractivity (Wildman–Crippen MR) is 84.0 cm³/mol. The molecule has 1 aromatic rings. The van der Waals surface area contributed by atoms with E-state index in [1.165, 1.54) is 30.4 Å². The van der Waals surface area contributed by atoms with Crippen molar-refractivity contribution in [2.24, 2.45) is 0 Å². The Bertz CT molecular complexity index is 461. The standard InChI is InChI=1S/C16H21IO/c1-16(2,3)10-7-8-13-12(9-10)11-5-4-6-14(18-13)15(11)17/h7-9,11,14-15H,4-6H2,1-3H3/t11-,14-,15-/m1/s1. The molecule has 3 rings (SSSR count). The van der Waals surface area contributed by atoms with Crippen LogP contribution in [-0.4, -0.2) is 10.0 Å². The third-order valence-corrected chi connectivity index (χ3v) is 5.97. The van der Waals surface area contributed by atoms with E-state index < -0.39 is 0 Å². The van der Waals surface area contributed by atoms with Crippen LogP contribution in [-0.2, 0) is 5.41 Å². The number of ether oxygens (including phenoxy) is 1. The number of fused-ring (bicyclic) bond motifs is 4. The smallest absolute Gasteiger partial charge is 0.123 e. The fraction of sp³-hybridized carbons (Fsp3) is 0.625. The summed E-state index contributed by atoms with van der Waals surface area (Å²) in [4.78, 5) is 0. The Morgan fingerprint density at radius 3 is 2.72 bits per heavy atom. The van der Waals surface area contributed by atoms with Crippen LogP contribution in [0.15, 0.2) is 18.2 Å². The minimum absolute atomic E-state index is 0.224. The summed E-state index contributed by atoms with van der Waals surface area (Å²) >= 11 is 2.60. The Hall–Kier alpha value is -0.250. The van der Waals surface area contributed by atoms with E-state index in [0.717, 1.165) is 5.75 Å². The molecule has 0 unspecified atom stereocenters. The molecule has 0 aromatic heterocycles. The van der Waals surface area contributed by atoms with E-state index in [9.17, 15) is 0 Å². The van der Waals surface area contributed by atoms with Gasteiger partial charge in [-0.3, -0.25) is 0 Å². The largest absolute Gasteiger partial charge is 0.489 e. The third kappa shape index (κ3) is 2.06. The van der Waals surface area contributed by atoms with Crippen molar-refractivity contribution in [3.05, 3.63) is 29.3 Å². The van der Waals surface area contributed by atoms with Crippen molar-refractivity contribution < 1.29 is 4.74 Å². The van der Waals surface area contributed by atoms with Gasteiger partial charge in [-0.15, -0.1) is 0 Å². The highest BCUT2D eigenvalue weighted by molar-refractivity contribution is 14.1. The Morgan fingerprint density at radius 2 is 2.00 bits per heavy atom. The Labute approximate surface area is 123 Å². The van der Waals surface area contributed by atoms with Gasteiger partial charge in [0.1, 0.15) is 11.9 Å². The Morgan fingerprint density at radius 1 is 1.22 bits per heavy atom. The number of hydrogen-bond acceptors (Lipinski definition) is 1. The van der Waals surface area contributed by atoms with E-state index >= 15 is 0 Å². The van der Waals surface area contributed by atoms with Crippen molar-refractivity contribution in [3.8, 4) is 5.75 Å². The van der Waals surface area contributed by atoms with Gasteiger partial charge in [-0.25, -0.2) is 0 Å². The van der Waals surface area contributed by atoms with Crippen molar-refractivity contribution in [2.75, 3.05) is 0 Å². The summed E-state index contributed by atoms with van der Waals surface area (Å²) in [6, 6.07) is 6.83. The zero-order valence-electron chi connectivity index (χ0n) is 11.4. The number of alkyl halides is 1. The van der Waals surface area contributed by atoms with Gasteiger partial charge in [0.2, 0.25) is 0 Å². The van der Waals surface area contributed by atoms with E-state index in [0.29, 0.717) is 15.9 Å². The molecule has 2 heteroatoms. The van der Waals surface area contributed by atoms with Crippen LogP contribution < -0.4 is 4.74 Å². The summed E-state index contributed by atoms with van der Waals surface area (Å²) in [6.07, 6.45) is 4.31. The fourth-order valence-electron chi connectivity index (χ4n) is 3.14. The molecule has 0 spiro atoms. The topological polar surface area (TPSA) is 9.23 Å². The molecule has 1 aromatic carbocycles. The maximum absolute atomic E-state index is 6.18. The highest BCUT2D eigenvalue weighted by atomic mass is 127. The molecule has 1 nitrogen and oxygen atoms in total. The first kappa shape index (κ1) is 12.8. The van der Waals surface area contributed by atoms with Crippen LogP contribution in [0.2, 0.25) is 0 Å². The van der Waals surface area contributed by atoms with E-state index in [4.69, 9.17) is 4.74 Å². The minimum atomic E-state index is 0.224. The lowest BCUT2D eigenvalue weighted by molar-refractivity contribution is 0.132. The van der Waals surface area contributed by atoms with Gasteiger partial charge < -0.3 is 4.74 Å². The zero-order valence-corrected chi connectivity index (χ0v) is 13.5. The molecular formula is C16H21IO. The van der Waals surface area contributed by atoms with E-state index in [2.05, 4.69) is 61.6 Å². The Balaban J connectivity index is 2.05. The maximum atomic E-state index is 6.18. The van der Waals surface area contributed by atoms with E-state index in [1.807, 2.05) is 0 Å². The van der Waals surface area contributed by atoms with Crippen LogP contribution in [0.25, 0.3) is 0 Å². The molecule has 1 heterocycles. The van der Waals surface area contributed by atoms with Crippen LogP contribution in [0, 0.1) is 0 Å². The van der Waals surface area contributed by atoms with Gasteiger partial charge in [-0.1, -0.05) is 55.5 Å². The monoisotopic (exact) mass is 356 g/mol. The van der Waals surface area contributed by atoms with E-state index in [-0.39, 0.29) is 5.41 Å². The highest BCUT2D eigenvalue weighted by Crippen LogP contribution is 2.48. The normalized spacial score (nSPS) is 30.6. The zero-order chi connectivity index (χ0) is 12.9.